The van der Waals surface area contributed by atoms with Crippen molar-refractivity contribution < 1.29 is 18.7 Å². The van der Waals surface area contributed by atoms with Crippen molar-refractivity contribution in [1.82, 2.24) is 10.3 Å². The molecule has 7 heteroatoms. The Kier molecular flexibility index (Phi) is 5.56. The number of benzene rings is 1. The fraction of sp³-hybridized carbons (Fsp3) is 0.227. The van der Waals surface area contributed by atoms with Gasteiger partial charge in [0.2, 0.25) is 12.0 Å². The minimum Gasteiger partial charge on any atom is -0.472 e. The molecule has 0 saturated heterocycles. The highest BCUT2D eigenvalue weighted by Gasteiger charge is 2.36. The molecule has 1 N–H and O–H groups in total. The van der Waals surface area contributed by atoms with Crippen molar-refractivity contribution in [3.05, 3.63) is 78.4 Å². The predicted molar refractivity (Wildman–Crippen MR) is 106 cm³/mol. The third-order valence-electron chi connectivity index (χ3n) is 4.67. The number of nitrogens with one attached hydrogen (secondary N) is 1. The van der Waals surface area contributed by atoms with Gasteiger partial charge in [-0.25, -0.2) is 4.98 Å². The Balaban J connectivity index is 1.41. The van der Waals surface area contributed by atoms with Gasteiger partial charge in [0, 0.05) is 24.7 Å². The lowest BCUT2D eigenvalue weighted by Crippen LogP contribution is -2.42. The van der Waals surface area contributed by atoms with Gasteiger partial charge in [0.15, 0.2) is 11.6 Å². The van der Waals surface area contributed by atoms with Crippen LogP contribution < -0.4 is 15.0 Å². The van der Waals surface area contributed by atoms with Gasteiger partial charge in [0.05, 0.1) is 12.8 Å². The first-order valence-corrected chi connectivity index (χ1v) is 9.49. The van der Waals surface area contributed by atoms with Gasteiger partial charge in [0.1, 0.15) is 5.76 Å². The van der Waals surface area contributed by atoms with Crippen LogP contribution >= 0.6 is 0 Å². The molecule has 2 amide bonds. The molecule has 0 aliphatic carbocycles. The lowest BCUT2D eigenvalue weighted by molar-refractivity contribution is -0.127. The number of amides is 2. The monoisotopic (exact) mass is 391 g/mol. The molecule has 29 heavy (non-hydrogen) atoms. The van der Waals surface area contributed by atoms with Crippen molar-refractivity contribution in [1.29, 1.82) is 0 Å². The van der Waals surface area contributed by atoms with E-state index < -0.39 is 6.10 Å². The van der Waals surface area contributed by atoms with Gasteiger partial charge in [-0.2, -0.15) is 0 Å². The minimum atomic E-state index is -0.722. The molecule has 0 bridgehead atoms. The topological polar surface area (TPSA) is 84.7 Å². The van der Waals surface area contributed by atoms with Crippen molar-refractivity contribution >= 4 is 17.6 Å². The molecular weight excluding hydrogens is 370 g/mol. The number of nitrogens with zero attached hydrogens (tertiary/aromatic N) is 2. The van der Waals surface area contributed by atoms with E-state index >= 15 is 0 Å². The molecule has 1 atom stereocenters. The van der Waals surface area contributed by atoms with Gasteiger partial charge >= 0.3 is 0 Å². The Morgan fingerprint density at radius 3 is 2.76 bits per heavy atom. The lowest BCUT2D eigenvalue weighted by Gasteiger charge is -2.33. The summed E-state index contributed by atoms with van der Waals surface area (Å²) in [7, 11) is 0. The van der Waals surface area contributed by atoms with Crippen LogP contribution in [0.3, 0.4) is 0 Å². The van der Waals surface area contributed by atoms with Crippen molar-refractivity contribution in [2.75, 3.05) is 11.4 Å². The smallest absolute Gasteiger partial charge is 0.274 e. The highest BCUT2D eigenvalue weighted by Crippen LogP contribution is 2.37. The highest BCUT2D eigenvalue weighted by molar-refractivity contribution is 5.99. The molecule has 7 nitrogen and oxygen atoms in total. The standard InChI is InChI=1S/C22H21N3O4/c26-19(24-15-17-9-6-14-28-17)11-5-13-25-21-18(10-4-12-23-21)29-20(22(25)27)16-7-2-1-3-8-16/h1-4,6-10,12,14,20H,5,11,13,15H2,(H,24,26)/t20-/m1/s1. The van der Waals surface area contributed by atoms with Gasteiger partial charge < -0.3 is 14.5 Å². The summed E-state index contributed by atoms with van der Waals surface area (Å²) in [5.74, 6) is 1.47. The van der Waals surface area contributed by atoms with Crippen LogP contribution in [0.5, 0.6) is 5.75 Å². The first-order chi connectivity index (χ1) is 14.2. The van der Waals surface area contributed by atoms with Gasteiger partial charge in [-0.3, -0.25) is 14.5 Å². The van der Waals surface area contributed by atoms with E-state index in [1.165, 1.54) is 0 Å². The fourth-order valence-corrected chi connectivity index (χ4v) is 3.24. The number of aromatic nitrogens is 1. The number of carbonyl (C=O) groups is 2. The Labute approximate surface area is 168 Å². The van der Waals surface area contributed by atoms with Crippen LogP contribution in [-0.4, -0.2) is 23.3 Å². The lowest BCUT2D eigenvalue weighted by atomic mass is 10.1. The number of hydrogen-bond acceptors (Lipinski definition) is 5. The maximum Gasteiger partial charge on any atom is 0.274 e. The minimum absolute atomic E-state index is 0.0945. The van der Waals surface area contributed by atoms with Crippen LogP contribution in [0.15, 0.2) is 71.5 Å². The quantitative estimate of drug-likeness (QED) is 0.668. The summed E-state index contributed by atoms with van der Waals surface area (Å²) < 4.78 is 11.1. The highest BCUT2D eigenvalue weighted by atomic mass is 16.5. The third-order valence-corrected chi connectivity index (χ3v) is 4.67. The summed E-state index contributed by atoms with van der Waals surface area (Å²) in [5, 5.41) is 2.81. The van der Waals surface area contributed by atoms with E-state index in [2.05, 4.69) is 10.3 Å². The number of pyridine rings is 1. The van der Waals surface area contributed by atoms with E-state index in [-0.39, 0.29) is 11.8 Å². The SMILES string of the molecule is O=C(CCCN1C(=O)[C@@H](c2ccccc2)Oc2cccnc21)NCc1ccco1. The molecule has 0 spiro atoms. The maximum atomic E-state index is 13.1. The van der Waals surface area contributed by atoms with Crippen LogP contribution in [0.1, 0.15) is 30.3 Å². The molecule has 0 unspecified atom stereocenters. The van der Waals surface area contributed by atoms with Gasteiger partial charge in [-0.1, -0.05) is 30.3 Å². The number of hydrogen-bond donors (Lipinski definition) is 1. The van der Waals surface area contributed by atoms with Crippen LogP contribution in [0.4, 0.5) is 5.82 Å². The summed E-state index contributed by atoms with van der Waals surface area (Å²) in [6, 6.07) is 16.5. The Bertz CT molecular complexity index is 973. The first-order valence-electron chi connectivity index (χ1n) is 9.49. The molecular formula is C22H21N3O4. The Hall–Kier alpha value is -3.61. The normalized spacial score (nSPS) is 15.5. The molecule has 3 heterocycles. The van der Waals surface area contributed by atoms with Crippen LogP contribution in [0, 0.1) is 0 Å². The summed E-state index contributed by atoms with van der Waals surface area (Å²) in [4.78, 5) is 31.1. The van der Waals surface area contributed by atoms with Crippen LogP contribution in [0.25, 0.3) is 0 Å². The zero-order valence-electron chi connectivity index (χ0n) is 15.8. The van der Waals surface area contributed by atoms with E-state index in [1.54, 1.807) is 41.6 Å². The predicted octanol–water partition coefficient (Wildman–Crippen LogP) is 3.24. The Morgan fingerprint density at radius 2 is 1.97 bits per heavy atom. The zero-order valence-corrected chi connectivity index (χ0v) is 15.8. The number of furan rings is 1. The van der Waals surface area contributed by atoms with Crippen LogP contribution in [0.2, 0.25) is 0 Å². The first kappa shape index (κ1) is 18.7. The summed E-state index contributed by atoms with van der Waals surface area (Å²) >= 11 is 0. The fourth-order valence-electron chi connectivity index (χ4n) is 3.24. The van der Waals surface area contributed by atoms with E-state index in [4.69, 9.17) is 9.15 Å². The summed E-state index contributed by atoms with van der Waals surface area (Å²) in [6.07, 6.45) is 3.28. The van der Waals surface area contributed by atoms with Crippen molar-refractivity contribution in [3.8, 4) is 5.75 Å². The number of fused-ring (bicyclic) bond motifs is 1. The van der Waals surface area contributed by atoms with Crippen molar-refractivity contribution in [2.24, 2.45) is 0 Å². The van der Waals surface area contributed by atoms with E-state index in [1.807, 2.05) is 30.3 Å². The van der Waals surface area contributed by atoms with Gasteiger partial charge in [-0.15, -0.1) is 0 Å². The van der Waals surface area contributed by atoms with Crippen molar-refractivity contribution in [2.45, 2.75) is 25.5 Å². The molecule has 148 valence electrons. The average Bonchev–Trinajstić information content (AvgIpc) is 3.28. The van der Waals surface area contributed by atoms with E-state index in [0.717, 1.165) is 5.56 Å². The second-order valence-electron chi connectivity index (χ2n) is 6.68. The van der Waals surface area contributed by atoms with E-state index in [9.17, 15) is 9.59 Å². The summed E-state index contributed by atoms with van der Waals surface area (Å²) in [5.41, 5.74) is 0.785. The molecule has 4 rings (SSSR count). The number of anilines is 1. The van der Waals surface area contributed by atoms with Gasteiger partial charge in [-0.05, 0) is 30.7 Å². The molecule has 1 aliphatic heterocycles. The maximum absolute atomic E-state index is 13.1. The number of rotatable bonds is 7. The molecule has 2 aromatic heterocycles. The summed E-state index contributed by atoms with van der Waals surface area (Å²) in [6.45, 7) is 0.729. The molecule has 0 radical (unpaired) electrons. The average molecular weight is 391 g/mol. The van der Waals surface area contributed by atoms with E-state index in [0.29, 0.717) is 43.3 Å². The molecule has 3 aromatic rings. The van der Waals surface area contributed by atoms with Crippen LogP contribution in [-0.2, 0) is 16.1 Å². The third kappa shape index (κ3) is 4.29. The number of ether oxygens (including phenoxy) is 1. The van der Waals surface area contributed by atoms with Gasteiger partial charge in [0.25, 0.3) is 5.91 Å². The largest absolute Gasteiger partial charge is 0.472 e. The molecule has 1 aliphatic rings. The number of carbonyl (C=O) groups excluding carboxylic acids is 2. The molecule has 0 fully saturated rings. The molecule has 1 aromatic carbocycles. The second-order valence-corrected chi connectivity index (χ2v) is 6.68. The van der Waals surface area contributed by atoms with Crippen molar-refractivity contribution in [3.63, 3.8) is 0 Å². The second kappa shape index (κ2) is 8.60. The Morgan fingerprint density at radius 1 is 1.10 bits per heavy atom. The molecule has 0 saturated carbocycles. The zero-order chi connectivity index (χ0) is 20.1.